The van der Waals surface area contributed by atoms with Gasteiger partial charge in [-0.15, -0.1) is 0 Å². The first-order chi connectivity index (χ1) is 10.4. The topological polar surface area (TPSA) is 75.3 Å². The van der Waals surface area contributed by atoms with E-state index in [0.717, 1.165) is 19.4 Å². The van der Waals surface area contributed by atoms with Gasteiger partial charge in [-0.2, -0.15) is 0 Å². The highest BCUT2D eigenvalue weighted by Gasteiger charge is 2.24. The largest absolute Gasteiger partial charge is 0.355 e. The Hall–Kier alpha value is -1.11. The molecule has 7 heteroatoms. The van der Waals surface area contributed by atoms with Crippen LogP contribution >= 0.6 is 11.6 Å². The van der Waals surface area contributed by atoms with Gasteiger partial charge in [0, 0.05) is 23.5 Å². The fourth-order valence-corrected chi connectivity index (χ4v) is 3.87. The van der Waals surface area contributed by atoms with Gasteiger partial charge in [-0.1, -0.05) is 11.6 Å². The summed E-state index contributed by atoms with van der Waals surface area (Å²) in [5, 5.41) is 6.52. The molecule has 1 amide bonds. The van der Waals surface area contributed by atoms with Crippen molar-refractivity contribution in [2.24, 2.45) is 5.92 Å². The molecule has 5 nitrogen and oxygen atoms in total. The number of hydrogen-bond donors (Lipinski definition) is 2. The van der Waals surface area contributed by atoms with Crippen LogP contribution < -0.4 is 10.6 Å². The van der Waals surface area contributed by atoms with Gasteiger partial charge in [-0.3, -0.25) is 4.79 Å². The number of carbonyl (C=O) groups is 1. The lowest BCUT2D eigenvalue weighted by Gasteiger charge is -2.27. The molecule has 2 N–H and O–H groups in total. The molecule has 1 aromatic carbocycles. The Morgan fingerprint density at radius 1 is 1.36 bits per heavy atom. The number of benzene rings is 1. The van der Waals surface area contributed by atoms with E-state index in [1.165, 1.54) is 12.1 Å². The minimum absolute atomic E-state index is 0.0329. The van der Waals surface area contributed by atoms with Crippen molar-refractivity contribution in [3.8, 4) is 0 Å². The Balaban J connectivity index is 1.84. The first kappa shape index (κ1) is 17.2. The Bertz CT molecular complexity index is 616. The van der Waals surface area contributed by atoms with E-state index < -0.39 is 9.84 Å². The Morgan fingerprint density at radius 3 is 2.68 bits per heavy atom. The number of piperidine rings is 1. The van der Waals surface area contributed by atoms with Crippen LogP contribution in [-0.2, 0) is 14.6 Å². The molecule has 1 saturated heterocycles. The summed E-state index contributed by atoms with van der Waals surface area (Å²) in [6.45, 7) is 2.99. The number of amides is 1. The molecule has 0 unspecified atom stereocenters. The molecule has 0 aromatic heterocycles. The maximum absolute atomic E-state index is 12.1. The summed E-state index contributed by atoms with van der Waals surface area (Å²) in [4.78, 5) is 12.3. The van der Waals surface area contributed by atoms with Crippen molar-refractivity contribution < 1.29 is 13.2 Å². The number of halogens is 1. The van der Waals surface area contributed by atoms with Crippen LogP contribution in [0.3, 0.4) is 0 Å². The fourth-order valence-electron chi connectivity index (χ4n) is 2.58. The van der Waals surface area contributed by atoms with Gasteiger partial charge >= 0.3 is 0 Å². The summed E-state index contributed by atoms with van der Waals surface area (Å²) in [6, 6.07) is 6.37. The van der Waals surface area contributed by atoms with Crippen molar-refractivity contribution in [1.29, 1.82) is 0 Å². The Kier molecular flexibility index (Phi) is 5.83. The molecule has 0 bridgehead atoms. The highest BCUT2D eigenvalue weighted by Crippen LogP contribution is 2.17. The normalized spacial score (nSPS) is 22.3. The van der Waals surface area contributed by atoms with Gasteiger partial charge in [0.1, 0.15) is 0 Å². The smallest absolute Gasteiger partial charge is 0.223 e. The predicted octanol–water partition coefficient (Wildman–Crippen LogP) is 1.62. The third kappa shape index (κ3) is 4.69. The van der Waals surface area contributed by atoms with E-state index in [2.05, 4.69) is 10.6 Å². The maximum Gasteiger partial charge on any atom is 0.223 e. The van der Waals surface area contributed by atoms with E-state index in [0.29, 0.717) is 11.1 Å². The summed E-state index contributed by atoms with van der Waals surface area (Å²) >= 11 is 5.75. The zero-order valence-corrected chi connectivity index (χ0v) is 14.1. The summed E-state index contributed by atoms with van der Waals surface area (Å²) < 4.78 is 24.3. The lowest BCUT2D eigenvalue weighted by atomic mass is 9.92. The van der Waals surface area contributed by atoms with Gasteiger partial charge in [0.2, 0.25) is 5.91 Å². The van der Waals surface area contributed by atoms with Crippen LogP contribution in [0.4, 0.5) is 0 Å². The van der Waals surface area contributed by atoms with Crippen LogP contribution in [0.25, 0.3) is 0 Å². The zero-order valence-electron chi connectivity index (χ0n) is 12.5. The van der Waals surface area contributed by atoms with E-state index in [1.807, 2.05) is 6.92 Å². The van der Waals surface area contributed by atoms with Gasteiger partial charge in [0.05, 0.1) is 10.6 Å². The van der Waals surface area contributed by atoms with Crippen LogP contribution in [-0.4, -0.2) is 39.2 Å². The maximum atomic E-state index is 12.1. The summed E-state index contributed by atoms with van der Waals surface area (Å²) in [7, 11) is -3.40. The first-order valence-electron chi connectivity index (χ1n) is 7.38. The van der Waals surface area contributed by atoms with Gasteiger partial charge in [-0.05, 0) is 50.6 Å². The van der Waals surface area contributed by atoms with Crippen LogP contribution in [0, 0.1) is 5.92 Å². The SMILES string of the molecule is C[C@H]1C[C@@H](C(=O)NCCS(=O)(=O)c2ccc(Cl)cc2)CCN1. The van der Waals surface area contributed by atoms with E-state index in [4.69, 9.17) is 11.6 Å². The molecule has 0 aliphatic carbocycles. The molecule has 1 heterocycles. The summed E-state index contributed by atoms with van der Waals surface area (Å²) in [5.74, 6) is -0.199. The minimum atomic E-state index is -3.40. The molecule has 0 radical (unpaired) electrons. The number of carbonyl (C=O) groups excluding carboxylic acids is 1. The van der Waals surface area contributed by atoms with Gasteiger partial charge < -0.3 is 10.6 Å². The average molecular weight is 345 g/mol. The van der Waals surface area contributed by atoms with Crippen LogP contribution in [0.5, 0.6) is 0 Å². The summed E-state index contributed by atoms with van der Waals surface area (Å²) in [6.07, 6.45) is 1.58. The Labute approximate surface area is 136 Å². The number of hydrogen-bond acceptors (Lipinski definition) is 4. The van der Waals surface area contributed by atoms with Crippen molar-refractivity contribution in [3.05, 3.63) is 29.3 Å². The van der Waals surface area contributed by atoms with Gasteiger partial charge in [0.15, 0.2) is 9.84 Å². The molecule has 1 aliphatic rings. The Morgan fingerprint density at radius 2 is 2.05 bits per heavy atom. The van der Waals surface area contributed by atoms with Crippen molar-refractivity contribution in [2.45, 2.75) is 30.7 Å². The molecule has 1 aromatic rings. The lowest BCUT2D eigenvalue weighted by Crippen LogP contribution is -2.43. The molecule has 122 valence electrons. The lowest BCUT2D eigenvalue weighted by molar-refractivity contribution is -0.125. The molecule has 2 rings (SSSR count). The molecule has 0 spiro atoms. The second-order valence-electron chi connectivity index (χ2n) is 5.64. The van der Waals surface area contributed by atoms with Crippen LogP contribution in [0.2, 0.25) is 5.02 Å². The number of sulfone groups is 1. The van der Waals surface area contributed by atoms with Crippen molar-refractivity contribution in [3.63, 3.8) is 0 Å². The minimum Gasteiger partial charge on any atom is -0.355 e. The third-order valence-electron chi connectivity index (χ3n) is 3.84. The van der Waals surface area contributed by atoms with Crippen LogP contribution in [0.15, 0.2) is 29.2 Å². The molecular weight excluding hydrogens is 324 g/mol. The quantitative estimate of drug-likeness (QED) is 0.851. The molecule has 0 saturated carbocycles. The number of nitrogens with one attached hydrogen (secondary N) is 2. The van der Waals surface area contributed by atoms with E-state index in [1.54, 1.807) is 12.1 Å². The van der Waals surface area contributed by atoms with E-state index >= 15 is 0 Å². The first-order valence-corrected chi connectivity index (χ1v) is 9.41. The molecule has 2 atom stereocenters. The number of rotatable bonds is 5. The predicted molar refractivity (Wildman–Crippen MR) is 86.7 cm³/mol. The monoisotopic (exact) mass is 344 g/mol. The molecule has 22 heavy (non-hydrogen) atoms. The third-order valence-corrected chi connectivity index (χ3v) is 5.82. The fraction of sp³-hybridized carbons (Fsp3) is 0.533. The second-order valence-corrected chi connectivity index (χ2v) is 8.19. The van der Waals surface area contributed by atoms with Crippen LogP contribution in [0.1, 0.15) is 19.8 Å². The van der Waals surface area contributed by atoms with Gasteiger partial charge in [-0.25, -0.2) is 8.42 Å². The molecular formula is C15H21ClN2O3S. The highest BCUT2D eigenvalue weighted by atomic mass is 35.5. The van der Waals surface area contributed by atoms with E-state index in [-0.39, 0.29) is 29.0 Å². The van der Waals surface area contributed by atoms with Crippen molar-refractivity contribution in [2.75, 3.05) is 18.8 Å². The van der Waals surface area contributed by atoms with Crippen molar-refractivity contribution in [1.82, 2.24) is 10.6 Å². The molecule has 1 aliphatic heterocycles. The second kappa shape index (κ2) is 7.44. The highest BCUT2D eigenvalue weighted by molar-refractivity contribution is 7.91. The standard InChI is InChI=1S/C15H21ClN2O3S/c1-11-10-12(6-7-17-11)15(19)18-8-9-22(20,21)14-4-2-13(16)3-5-14/h2-5,11-12,17H,6-10H2,1H3,(H,18,19)/t11-,12-/m0/s1. The van der Waals surface area contributed by atoms with Gasteiger partial charge in [0.25, 0.3) is 0 Å². The van der Waals surface area contributed by atoms with Crippen molar-refractivity contribution >= 4 is 27.3 Å². The summed E-state index contributed by atoms with van der Waals surface area (Å²) in [5.41, 5.74) is 0. The van der Waals surface area contributed by atoms with E-state index in [9.17, 15) is 13.2 Å². The zero-order chi connectivity index (χ0) is 16.2. The molecule has 1 fully saturated rings. The average Bonchev–Trinajstić information content (AvgIpc) is 2.47.